The fraction of sp³-hybridized carbons (Fsp3) is 0.444. The summed E-state index contributed by atoms with van der Waals surface area (Å²) in [5.74, 6) is 1.48. The summed E-state index contributed by atoms with van der Waals surface area (Å²) >= 11 is 1.51. The molecule has 0 aliphatic rings. The van der Waals surface area contributed by atoms with E-state index in [1.54, 1.807) is 6.20 Å². The average Bonchev–Trinajstić information content (AvgIpc) is 2.75. The molecule has 0 radical (unpaired) electrons. The van der Waals surface area contributed by atoms with Crippen LogP contribution in [0, 0.1) is 13.8 Å². The Balaban J connectivity index is 2.06. The second-order valence-electron chi connectivity index (χ2n) is 3.30. The standard InChI is InChI=1S/C9H12N4OS/c1-5-4-10-8(14-5)6(2)11-9-13-12-7(3)15-9/h4,6H,1-3H3,(H,11,13). The number of anilines is 1. The third-order valence-electron chi connectivity index (χ3n) is 1.88. The van der Waals surface area contributed by atoms with Crippen molar-refractivity contribution < 1.29 is 4.42 Å². The fourth-order valence-corrected chi connectivity index (χ4v) is 1.85. The molecule has 1 atom stereocenters. The first-order valence-corrected chi connectivity index (χ1v) is 5.46. The molecule has 0 spiro atoms. The molecule has 0 aliphatic heterocycles. The molecule has 2 heterocycles. The summed E-state index contributed by atoms with van der Waals surface area (Å²) < 4.78 is 5.41. The highest BCUT2D eigenvalue weighted by atomic mass is 32.1. The zero-order chi connectivity index (χ0) is 10.8. The molecule has 0 aliphatic carbocycles. The normalized spacial score (nSPS) is 12.7. The summed E-state index contributed by atoms with van der Waals surface area (Å²) in [6, 6.07) is 0.00560. The highest BCUT2D eigenvalue weighted by Gasteiger charge is 2.12. The van der Waals surface area contributed by atoms with Crippen molar-refractivity contribution in [2.45, 2.75) is 26.8 Å². The quantitative estimate of drug-likeness (QED) is 0.866. The number of nitrogens with one attached hydrogen (secondary N) is 1. The molecule has 5 nitrogen and oxygen atoms in total. The molecule has 0 bridgehead atoms. The van der Waals surface area contributed by atoms with Crippen LogP contribution in [-0.2, 0) is 0 Å². The Morgan fingerprint density at radius 1 is 1.40 bits per heavy atom. The smallest absolute Gasteiger partial charge is 0.216 e. The van der Waals surface area contributed by atoms with Crippen LogP contribution >= 0.6 is 11.3 Å². The minimum absolute atomic E-state index is 0.00560. The minimum atomic E-state index is 0.00560. The van der Waals surface area contributed by atoms with Crippen LogP contribution in [0.25, 0.3) is 0 Å². The van der Waals surface area contributed by atoms with E-state index in [0.717, 1.165) is 15.9 Å². The van der Waals surface area contributed by atoms with Gasteiger partial charge in [0.25, 0.3) is 0 Å². The van der Waals surface area contributed by atoms with Crippen LogP contribution < -0.4 is 5.32 Å². The topological polar surface area (TPSA) is 63.8 Å². The lowest BCUT2D eigenvalue weighted by Gasteiger charge is -2.07. The summed E-state index contributed by atoms with van der Waals surface area (Å²) in [5.41, 5.74) is 0. The predicted octanol–water partition coefficient (Wildman–Crippen LogP) is 2.32. The van der Waals surface area contributed by atoms with Gasteiger partial charge in [0, 0.05) is 0 Å². The number of hydrogen-bond donors (Lipinski definition) is 1. The van der Waals surface area contributed by atoms with Crippen molar-refractivity contribution in [1.82, 2.24) is 15.2 Å². The highest BCUT2D eigenvalue weighted by molar-refractivity contribution is 7.15. The van der Waals surface area contributed by atoms with E-state index >= 15 is 0 Å². The third-order valence-corrected chi connectivity index (χ3v) is 2.65. The number of rotatable bonds is 3. The van der Waals surface area contributed by atoms with Crippen LogP contribution in [0.3, 0.4) is 0 Å². The van der Waals surface area contributed by atoms with Gasteiger partial charge in [0.2, 0.25) is 11.0 Å². The Hall–Kier alpha value is -1.43. The number of aromatic nitrogens is 3. The van der Waals surface area contributed by atoms with Gasteiger partial charge in [0.05, 0.1) is 6.20 Å². The van der Waals surface area contributed by atoms with Crippen molar-refractivity contribution >= 4 is 16.5 Å². The first-order valence-electron chi connectivity index (χ1n) is 4.64. The molecule has 1 unspecified atom stereocenters. The summed E-state index contributed by atoms with van der Waals surface area (Å²) in [7, 11) is 0. The van der Waals surface area contributed by atoms with Gasteiger partial charge in [0.1, 0.15) is 16.8 Å². The summed E-state index contributed by atoms with van der Waals surface area (Å²) in [4.78, 5) is 4.15. The maximum Gasteiger partial charge on any atom is 0.216 e. The van der Waals surface area contributed by atoms with Crippen molar-refractivity contribution in [3.8, 4) is 0 Å². The molecule has 0 aromatic carbocycles. The van der Waals surface area contributed by atoms with Crippen LogP contribution in [0.1, 0.15) is 29.6 Å². The molecule has 1 N–H and O–H groups in total. The van der Waals surface area contributed by atoms with Crippen LogP contribution in [0.5, 0.6) is 0 Å². The molecule has 2 rings (SSSR count). The summed E-state index contributed by atoms with van der Waals surface area (Å²) in [6.07, 6.45) is 1.71. The molecular weight excluding hydrogens is 212 g/mol. The maximum absolute atomic E-state index is 5.41. The molecule has 0 saturated heterocycles. The van der Waals surface area contributed by atoms with Crippen LogP contribution in [0.4, 0.5) is 5.13 Å². The van der Waals surface area contributed by atoms with Gasteiger partial charge >= 0.3 is 0 Å². The zero-order valence-corrected chi connectivity index (χ0v) is 9.63. The van der Waals surface area contributed by atoms with E-state index in [2.05, 4.69) is 20.5 Å². The van der Waals surface area contributed by atoms with Crippen molar-refractivity contribution in [3.05, 3.63) is 22.9 Å². The third kappa shape index (κ3) is 2.33. The van der Waals surface area contributed by atoms with Gasteiger partial charge in [-0.25, -0.2) is 4.98 Å². The molecule has 0 amide bonds. The summed E-state index contributed by atoms with van der Waals surface area (Å²) in [5, 5.41) is 12.8. The van der Waals surface area contributed by atoms with E-state index in [1.807, 2.05) is 20.8 Å². The van der Waals surface area contributed by atoms with Gasteiger partial charge < -0.3 is 9.73 Å². The van der Waals surface area contributed by atoms with Crippen molar-refractivity contribution in [1.29, 1.82) is 0 Å². The Bertz CT molecular complexity index is 450. The second-order valence-corrected chi connectivity index (χ2v) is 4.48. The lowest BCUT2D eigenvalue weighted by molar-refractivity contribution is 0.453. The number of hydrogen-bond acceptors (Lipinski definition) is 6. The van der Waals surface area contributed by atoms with E-state index < -0.39 is 0 Å². The Morgan fingerprint density at radius 3 is 2.73 bits per heavy atom. The van der Waals surface area contributed by atoms with Crippen LogP contribution in [0.15, 0.2) is 10.6 Å². The van der Waals surface area contributed by atoms with Gasteiger partial charge in [-0.3, -0.25) is 0 Å². The highest BCUT2D eigenvalue weighted by Crippen LogP contribution is 2.21. The number of aryl methyl sites for hydroxylation is 2. The molecule has 6 heteroatoms. The van der Waals surface area contributed by atoms with Crippen molar-refractivity contribution in [2.24, 2.45) is 0 Å². The molecule has 80 valence electrons. The van der Waals surface area contributed by atoms with Gasteiger partial charge in [0.15, 0.2) is 0 Å². The monoisotopic (exact) mass is 224 g/mol. The predicted molar refractivity (Wildman–Crippen MR) is 57.9 cm³/mol. The van der Waals surface area contributed by atoms with Crippen LogP contribution in [0.2, 0.25) is 0 Å². The first-order chi connectivity index (χ1) is 7.15. The Kier molecular flexibility index (Phi) is 2.68. The largest absolute Gasteiger partial charge is 0.444 e. The maximum atomic E-state index is 5.41. The van der Waals surface area contributed by atoms with Crippen molar-refractivity contribution in [2.75, 3.05) is 5.32 Å². The van der Waals surface area contributed by atoms with E-state index in [0.29, 0.717) is 5.89 Å². The van der Waals surface area contributed by atoms with E-state index in [1.165, 1.54) is 11.3 Å². The molecule has 15 heavy (non-hydrogen) atoms. The fourth-order valence-electron chi connectivity index (χ4n) is 1.17. The zero-order valence-electron chi connectivity index (χ0n) is 8.81. The van der Waals surface area contributed by atoms with Gasteiger partial charge in [-0.05, 0) is 20.8 Å². The SMILES string of the molecule is Cc1cnc(C(C)Nc2nnc(C)s2)o1. The van der Waals surface area contributed by atoms with E-state index in [4.69, 9.17) is 4.42 Å². The second kappa shape index (κ2) is 3.98. The number of oxazole rings is 1. The Morgan fingerprint density at radius 2 is 2.20 bits per heavy atom. The van der Waals surface area contributed by atoms with E-state index in [9.17, 15) is 0 Å². The molecule has 0 fully saturated rings. The minimum Gasteiger partial charge on any atom is -0.444 e. The molecule has 2 aromatic heterocycles. The Labute approximate surface area is 91.6 Å². The lowest BCUT2D eigenvalue weighted by atomic mass is 10.3. The van der Waals surface area contributed by atoms with Gasteiger partial charge in [-0.2, -0.15) is 0 Å². The molecular formula is C9H12N4OS. The molecule has 0 saturated carbocycles. The average molecular weight is 224 g/mol. The van der Waals surface area contributed by atoms with Crippen molar-refractivity contribution in [3.63, 3.8) is 0 Å². The van der Waals surface area contributed by atoms with Gasteiger partial charge in [-0.15, -0.1) is 10.2 Å². The van der Waals surface area contributed by atoms with E-state index in [-0.39, 0.29) is 6.04 Å². The lowest BCUT2D eigenvalue weighted by Crippen LogP contribution is -2.06. The van der Waals surface area contributed by atoms with Crippen LogP contribution in [-0.4, -0.2) is 15.2 Å². The van der Waals surface area contributed by atoms with Gasteiger partial charge in [-0.1, -0.05) is 11.3 Å². The first kappa shape index (κ1) is 10.1. The molecule has 2 aromatic rings. The number of nitrogens with zero attached hydrogens (tertiary/aromatic N) is 3. The summed E-state index contributed by atoms with van der Waals surface area (Å²) in [6.45, 7) is 5.77.